The van der Waals surface area contributed by atoms with Crippen LogP contribution in [0.15, 0.2) is 52.2 Å². The van der Waals surface area contributed by atoms with Gasteiger partial charge < -0.3 is 14.6 Å². The average Bonchev–Trinajstić information content (AvgIpc) is 3.49. The third-order valence-corrected chi connectivity index (χ3v) is 7.55. The van der Waals surface area contributed by atoms with E-state index in [1.165, 1.54) is 6.07 Å². The number of ether oxygens (including phenoxy) is 1. The summed E-state index contributed by atoms with van der Waals surface area (Å²) in [4.78, 5) is 28.2. The van der Waals surface area contributed by atoms with Crippen molar-refractivity contribution in [3.05, 3.63) is 69.1 Å². The number of rotatable bonds is 6. The number of carbonyl (C=O) groups excluding carboxylic acids is 1. The van der Waals surface area contributed by atoms with E-state index >= 15 is 0 Å². The molecule has 29 heavy (non-hydrogen) atoms. The molecule has 0 unspecified atom stereocenters. The first kappa shape index (κ1) is 19.7. The molecule has 0 atom stereocenters. The lowest BCUT2D eigenvalue weighted by molar-refractivity contribution is 0.161. The predicted molar refractivity (Wildman–Crippen MR) is 109 cm³/mol. The van der Waals surface area contributed by atoms with Crippen LogP contribution in [0.25, 0.3) is 5.57 Å². The van der Waals surface area contributed by atoms with Crippen LogP contribution in [0.4, 0.5) is 4.79 Å². The second-order valence-corrected chi connectivity index (χ2v) is 9.63. The zero-order valence-corrected chi connectivity index (χ0v) is 17.0. The SMILES string of the molecule is O=C1OCCN1C/C=C(\c1ccc(S(=O)(=O)C2CC2)cc1)c1ccc(Cl)c(=O)[nH]1. The number of benzene rings is 1. The standard InChI is InChI=1S/C20H19ClN2O5S/c21-17-7-8-18(22-19(17)24)16(9-10-23-11-12-28-20(23)25)13-1-3-14(4-2-13)29(26,27)15-5-6-15/h1-4,7-9,15H,5-6,10-12H2,(H,22,24)/b16-9+. The Labute approximate surface area is 172 Å². The van der Waals surface area contributed by atoms with Crippen molar-refractivity contribution in [2.75, 3.05) is 19.7 Å². The number of amides is 1. The molecule has 0 radical (unpaired) electrons. The zero-order chi connectivity index (χ0) is 20.6. The molecule has 1 N–H and O–H groups in total. The summed E-state index contributed by atoms with van der Waals surface area (Å²) >= 11 is 5.84. The van der Waals surface area contributed by atoms with Crippen molar-refractivity contribution >= 4 is 33.1 Å². The Hall–Kier alpha value is -2.58. The number of H-pyrrole nitrogens is 1. The topological polar surface area (TPSA) is 96.5 Å². The molecule has 0 bridgehead atoms. The van der Waals surface area contributed by atoms with E-state index in [4.69, 9.17) is 16.3 Å². The maximum atomic E-state index is 12.4. The van der Waals surface area contributed by atoms with Crippen molar-refractivity contribution in [3.63, 3.8) is 0 Å². The summed E-state index contributed by atoms with van der Waals surface area (Å²) in [6.45, 7) is 1.12. The van der Waals surface area contributed by atoms with Gasteiger partial charge in [0.25, 0.3) is 5.56 Å². The lowest BCUT2D eigenvalue weighted by atomic mass is 10.0. The maximum Gasteiger partial charge on any atom is 0.410 e. The molecular formula is C20H19ClN2O5S. The zero-order valence-electron chi connectivity index (χ0n) is 15.4. The van der Waals surface area contributed by atoms with Crippen LogP contribution < -0.4 is 5.56 Å². The molecule has 1 saturated heterocycles. The monoisotopic (exact) mass is 434 g/mol. The van der Waals surface area contributed by atoms with Crippen molar-refractivity contribution < 1.29 is 17.9 Å². The number of halogens is 1. The van der Waals surface area contributed by atoms with Gasteiger partial charge in [-0.05, 0) is 42.7 Å². The number of sulfone groups is 1. The van der Waals surface area contributed by atoms with Crippen LogP contribution in [-0.4, -0.2) is 49.3 Å². The van der Waals surface area contributed by atoms with E-state index in [1.54, 1.807) is 41.3 Å². The Balaban J connectivity index is 1.70. The van der Waals surface area contributed by atoms with Crippen LogP contribution in [0.3, 0.4) is 0 Å². The van der Waals surface area contributed by atoms with Crippen LogP contribution in [0.1, 0.15) is 24.1 Å². The van der Waals surface area contributed by atoms with Gasteiger partial charge in [0.15, 0.2) is 9.84 Å². The fourth-order valence-corrected chi connectivity index (χ4v) is 4.95. The Morgan fingerprint density at radius 2 is 1.90 bits per heavy atom. The number of nitrogens with zero attached hydrogens (tertiary/aromatic N) is 1. The first-order valence-corrected chi connectivity index (χ1v) is 11.1. The van der Waals surface area contributed by atoms with Crippen LogP contribution in [0.2, 0.25) is 5.02 Å². The fourth-order valence-electron chi connectivity index (χ4n) is 3.18. The van der Waals surface area contributed by atoms with E-state index in [1.807, 2.05) is 0 Å². The number of hydrogen-bond donors (Lipinski definition) is 1. The van der Waals surface area contributed by atoms with Gasteiger partial charge in [-0.25, -0.2) is 13.2 Å². The van der Waals surface area contributed by atoms with Gasteiger partial charge in [0.05, 0.1) is 16.7 Å². The third kappa shape index (κ3) is 4.09. The fraction of sp³-hybridized carbons (Fsp3) is 0.300. The highest BCUT2D eigenvalue weighted by atomic mass is 35.5. The number of nitrogens with one attached hydrogen (secondary N) is 1. The summed E-state index contributed by atoms with van der Waals surface area (Å²) in [7, 11) is -3.28. The number of aromatic nitrogens is 1. The highest BCUT2D eigenvalue weighted by Gasteiger charge is 2.36. The molecule has 1 aromatic heterocycles. The molecule has 2 aliphatic rings. The second kappa shape index (κ2) is 7.68. The van der Waals surface area contributed by atoms with Crippen LogP contribution >= 0.6 is 11.6 Å². The van der Waals surface area contributed by atoms with Crippen molar-refractivity contribution in [3.8, 4) is 0 Å². The third-order valence-electron chi connectivity index (χ3n) is 4.97. The average molecular weight is 435 g/mol. The van der Waals surface area contributed by atoms with Crippen LogP contribution in [-0.2, 0) is 14.6 Å². The molecule has 1 amide bonds. The van der Waals surface area contributed by atoms with Gasteiger partial charge in [-0.3, -0.25) is 4.79 Å². The molecule has 1 aliphatic carbocycles. The summed E-state index contributed by atoms with van der Waals surface area (Å²) in [5, 5.41) is -0.209. The quantitative estimate of drug-likeness (QED) is 0.754. The number of cyclic esters (lactones) is 1. The molecule has 1 aliphatic heterocycles. The van der Waals surface area contributed by atoms with Gasteiger partial charge in [-0.1, -0.05) is 29.8 Å². The largest absolute Gasteiger partial charge is 0.448 e. The van der Waals surface area contributed by atoms with Crippen molar-refractivity contribution in [1.29, 1.82) is 0 Å². The van der Waals surface area contributed by atoms with Crippen LogP contribution in [0.5, 0.6) is 0 Å². The summed E-state index contributed by atoms with van der Waals surface area (Å²) in [5.41, 5.74) is 1.47. The minimum atomic E-state index is -3.28. The van der Waals surface area contributed by atoms with Crippen molar-refractivity contribution in [1.82, 2.24) is 9.88 Å². The minimum Gasteiger partial charge on any atom is -0.448 e. The molecule has 1 saturated carbocycles. The number of carbonyl (C=O) groups is 1. The lowest BCUT2D eigenvalue weighted by Gasteiger charge is -2.13. The smallest absolute Gasteiger partial charge is 0.410 e. The molecule has 0 spiro atoms. The normalized spacial score (nSPS) is 17.5. The Kier molecular flexibility index (Phi) is 5.23. The molecule has 2 aromatic rings. The van der Waals surface area contributed by atoms with E-state index in [2.05, 4.69) is 4.98 Å². The predicted octanol–water partition coefficient (Wildman–Crippen LogP) is 2.85. The Morgan fingerprint density at radius 3 is 2.48 bits per heavy atom. The molecule has 152 valence electrons. The van der Waals surface area contributed by atoms with Gasteiger partial charge >= 0.3 is 6.09 Å². The molecule has 9 heteroatoms. The number of pyridine rings is 1. The van der Waals surface area contributed by atoms with Gasteiger partial charge in [-0.2, -0.15) is 0 Å². The van der Waals surface area contributed by atoms with Gasteiger partial charge in [0, 0.05) is 17.8 Å². The second-order valence-electron chi connectivity index (χ2n) is 7.00. The van der Waals surface area contributed by atoms with Crippen molar-refractivity contribution in [2.45, 2.75) is 23.0 Å². The summed E-state index contributed by atoms with van der Waals surface area (Å²) in [5.74, 6) is 0. The molecule has 2 heterocycles. The first-order chi connectivity index (χ1) is 13.9. The van der Waals surface area contributed by atoms with E-state index < -0.39 is 21.5 Å². The van der Waals surface area contributed by atoms with Gasteiger partial charge in [0.2, 0.25) is 0 Å². The summed E-state index contributed by atoms with van der Waals surface area (Å²) in [6, 6.07) is 9.74. The molecule has 7 nitrogen and oxygen atoms in total. The summed E-state index contributed by atoms with van der Waals surface area (Å²) < 4.78 is 29.8. The molecule has 2 fully saturated rings. The highest BCUT2D eigenvalue weighted by Crippen LogP contribution is 2.34. The minimum absolute atomic E-state index is 0.0714. The van der Waals surface area contributed by atoms with E-state index in [-0.39, 0.29) is 15.2 Å². The summed E-state index contributed by atoms with van der Waals surface area (Å²) in [6.07, 6.45) is 2.81. The lowest BCUT2D eigenvalue weighted by Crippen LogP contribution is -2.24. The number of hydrogen-bond acceptors (Lipinski definition) is 5. The van der Waals surface area contributed by atoms with Crippen LogP contribution in [0, 0.1) is 0 Å². The number of aromatic amines is 1. The van der Waals surface area contributed by atoms with E-state index in [0.717, 1.165) is 0 Å². The highest BCUT2D eigenvalue weighted by molar-refractivity contribution is 7.92. The Bertz CT molecular complexity index is 1130. The van der Waals surface area contributed by atoms with Gasteiger partial charge in [-0.15, -0.1) is 0 Å². The Morgan fingerprint density at radius 1 is 1.17 bits per heavy atom. The van der Waals surface area contributed by atoms with Gasteiger partial charge in [0.1, 0.15) is 11.6 Å². The van der Waals surface area contributed by atoms with E-state index in [9.17, 15) is 18.0 Å². The molecular weight excluding hydrogens is 416 g/mol. The van der Waals surface area contributed by atoms with Crippen molar-refractivity contribution in [2.24, 2.45) is 0 Å². The first-order valence-electron chi connectivity index (χ1n) is 9.21. The van der Waals surface area contributed by atoms with E-state index in [0.29, 0.717) is 49.4 Å². The molecule has 1 aromatic carbocycles. The maximum absolute atomic E-state index is 12.4. The molecule has 4 rings (SSSR count).